The molecule has 1 aromatic rings. The lowest BCUT2D eigenvalue weighted by Gasteiger charge is -2.40. The van der Waals surface area contributed by atoms with Crippen LogP contribution in [0.3, 0.4) is 0 Å². The third kappa shape index (κ3) is 6.53. The molecule has 2 fully saturated rings. The number of piperidine rings is 1. The first-order chi connectivity index (χ1) is 18.3. The second-order valence-electron chi connectivity index (χ2n) is 10.7. The van der Waals surface area contributed by atoms with E-state index in [0.29, 0.717) is 36.6 Å². The minimum atomic E-state index is -0.768. The van der Waals surface area contributed by atoms with Gasteiger partial charge in [0.25, 0.3) is 0 Å². The number of hydrogen-bond acceptors (Lipinski definition) is 6. The molecule has 1 aromatic carbocycles. The Morgan fingerprint density at radius 3 is 2.11 bits per heavy atom. The maximum absolute atomic E-state index is 14.4. The Morgan fingerprint density at radius 2 is 1.58 bits per heavy atom. The van der Waals surface area contributed by atoms with Crippen molar-refractivity contribution in [3.63, 3.8) is 0 Å². The summed E-state index contributed by atoms with van der Waals surface area (Å²) in [7, 11) is 4.69. The summed E-state index contributed by atoms with van der Waals surface area (Å²) >= 11 is 0. The SMILES string of the molecule is CCC(C)C(NC(=O)[C@@H]1CCCCN1C(=O)C(c1cc(OC)c(OC)c(OC)c1)C1CCCCC1)C(N)=O. The summed E-state index contributed by atoms with van der Waals surface area (Å²) in [4.78, 5) is 41.7. The molecule has 0 aromatic heterocycles. The number of benzene rings is 1. The minimum Gasteiger partial charge on any atom is -0.493 e. The van der Waals surface area contributed by atoms with Crippen LogP contribution in [0.4, 0.5) is 0 Å². The summed E-state index contributed by atoms with van der Waals surface area (Å²) in [5.74, 6) is 0.146. The predicted molar refractivity (Wildman–Crippen MR) is 145 cm³/mol. The van der Waals surface area contributed by atoms with Gasteiger partial charge in [0.15, 0.2) is 11.5 Å². The van der Waals surface area contributed by atoms with Crippen molar-refractivity contribution in [3.8, 4) is 17.2 Å². The molecule has 0 bridgehead atoms. The first-order valence-corrected chi connectivity index (χ1v) is 14.0. The van der Waals surface area contributed by atoms with Crippen molar-refractivity contribution in [2.24, 2.45) is 17.6 Å². The van der Waals surface area contributed by atoms with Crippen LogP contribution in [-0.2, 0) is 14.4 Å². The highest BCUT2D eigenvalue weighted by Crippen LogP contribution is 2.45. The zero-order chi connectivity index (χ0) is 27.8. The molecule has 0 radical (unpaired) electrons. The largest absolute Gasteiger partial charge is 0.493 e. The number of carbonyl (C=O) groups excluding carboxylic acids is 3. The first-order valence-electron chi connectivity index (χ1n) is 14.0. The van der Waals surface area contributed by atoms with Crippen molar-refractivity contribution in [1.82, 2.24) is 10.2 Å². The van der Waals surface area contributed by atoms with Crippen LogP contribution in [0.25, 0.3) is 0 Å². The fourth-order valence-electron chi connectivity index (χ4n) is 5.99. The normalized spacial score (nSPS) is 20.7. The zero-order valence-corrected chi connectivity index (χ0v) is 23.6. The Hall–Kier alpha value is -2.97. The highest BCUT2D eigenvalue weighted by Gasteiger charge is 2.41. The number of nitrogens with two attached hydrogens (primary N) is 1. The summed E-state index contributed by atoms with van der Waals surface area (Å²) in [6.07, 6.45) is 8.09. The van der Waals surface area contributed by atoms with E-state index in [1.807, 2.05) is 26.0 Å². The standard InChI is InChI=1S/C29H45N3O6/c1-6-18(2)25(27(30)33)31-28(34)21-14-10-11-15-32(21)29(35)24(19-12-8-7-9-13-19)20-16-22(36-3)26(38-5)23(17-20)37-4/h16-19,21,24-25H,6-15H2,1-5H3,(H2,30,33)(H,31,34)/t18?,21-,24?,25?/m0/s1. The molecule has 1 saturated carbocycles. The predicted octanol–water partition coefficient (Wildman–Crippen LogP) is 3.77. The Morgan fingerprint density at radius 1 is 0.974 bits per heavy atom. The van der Waals surface area contributed by atoms with Crippen LogP contribution in [0.1, 0.15) is 83.1 Å². The molecule has 3 unspecified atom stereocenters. The molecule has 3 amide bonds. The second-order valence-corrected chi connectivity index (χ2v) is 10.7. The third-order valence-corrected chi connectivity index (χ3v) is 8.34. The molecule has 38 heavy (non-hydrogen) atoms. The summed E-state index contributed by atoms with van der Waals surface area (Å²) < 4.78 is 16.7. The number of carbonyl (C=O) groups is 3. The molecule has 0 spiro atoms. The molecule has 4 atom stereocenters. The van der Waals surface area contributed by atoms with Crippen molar-refractivity contribution < 1.29 is 28.6 Å². The van der Waals surface area contributed by atoms with Gasteiger partial charge in [-0.1, -0.05) is 39.5 Å². The second kappa shape index (κ2) is 13.7. The maximum atomic E-state index is 14.4. The number of rotatable bonds is 11. The topological polar surface area (TPSA) is 120 Å². The fraction of sp³-hybridized carbons (Fsp3) is 0.690. The molecular weight excluding hydrogens is 486 g/mol. The van der Waals surface area contributed by atoms with Crippen molar-refractivity contribution in [1.29, 1.82) is 0 Å². The van der Waals surface area contributed by atoms with Gasteiger partial charge < -0.3 is 30.2 Å². The lowest BCUT2D eigenvalue weighted by molar-refractivity contribution is -0.145. The molecule has 9 heteroatoms. The quantitative estimate of drug-likeness (QED) is 0.449. The Bertz CT molecular complexity index is 952. The van der Waals surface area contributed by atoms with Crippen LogP contribution in [0.15, 0.2) is 12.1 Å². The molecule has 2 aliphatic rings. The number of nitrogens with one attached hydrogen (secondary N) is 1. The Balaban J connectivity index is 1.99. The molecule has 1 aliphatic carbocycles. The summed E-state index contributed by atoms with van der Waals surface area (Å²) in [5.41, 5.74) is 6.42. The molecule has 212 valence electrons. The monoisotopic (exact) mass is 531 g/mol. The highest BCUT2D eigenvalue weighted by atomic mass is 16.5. The van der Waals surface area contributed by atoms with Crippen LogP contribution in [-0.4, -0.2) is 62.6 Å². The first kappa shape index (κ1) is 29.6. The lowest BCUT2D eigenvalue weighted by atomic mass is 9.75. The Kier molecular flexibility index (Phi) is 10.7. The molecule has 1 saturated heterocycles. The van der Waals surface area contributed by atoms with Gasteiger partial charge in [-0.3, -0.25) is 14.4 Å². The summed E-state index contributed by atoms with van der Waals surface area (Å²) in [5, 5.41) is 2.87. The van der Waals surface area contributed by atoms with Crippen LogP contribution in [0, 0.1) is 11.8 Å². The van der Waals surface area contributed by atoms with E-state index in [1.54, 1.807) is 26.2 Å². The number of amides is 3. The third-order valence-electron chi connectivity index (χ3n) is 8.34. The van der Waals surface area contributed by atoms with E-state index < -0.39 is 23.9 Å². The van der Waals surface area contributed by atoms with E-state index in [2.05, 4.69) is 5.32 Å². The van der Waals surface area contributed by atoms with E-state index in [-0.39, 0.29) is 23.7 Å². The van der Waals surface area contributed by atoms with Gasteiger partial charge >= 0.3 is 0 Å². The Labute approximate surface area is 226 Å². The number of ether oxygens (including phenoxy) is 3. The molecule has 3 N–H and O–H groups in total. The van der Waals surface area contributed by atoms with Gasteiger partial charge in [0.05, 0.1) is 27.2 Å². The van der Waals surface area contributed by atoms with Gasteiger partial charge in [-0.25, -0.2) is 0 Å². The lowest BCUT2D eigenvalue weighted by Crippen LogP contribution is -2.58. The maximum Gasteiger partial charge on any atom is 0.243 e. The van der Waals surface area contributed by atoms with Crippen LogP contribution < -0.4 is 25.3 Å². The van der Waals surface area contributed by atoms with Gasteiger partial charge in [-0.05, 0) is 61.6 Å². The molecule has 3 rings (SSSR count). The molecular formula is C29H45N3O6. The molecule has 9 nitrogen and oxygen atoms in total. The average Bonchev–Trinajstić information content (AvgIpc) is 2.95. The van der Waals surface area contributed by atoms with Crippen molar-refractivity contribution in [3.05, 3.63) is 17.7 Å². The van der Waals surface area contributed by atoms with Gasteiger partial charge in [0.1, 0.15) is 12.1 Å². The zero-order valence-electron chi connectivity index (χ0n) is 23.6. The van der Waals surface area contributed by atoms with Gasteiger partial charge in [0, 0.05) is 6.54 Å². The fourth-order valence-corrected chi connectivity index (χ4v) is 5.99. The van der Waals surface area contributed by atoms with E-state index in [9.17, 15) is 14.4 Å². The van der Waals surface area contributed by atoms with Crippen LogP contribution in [0.5, 0.6) is 17.2 Å². The highest BCUT2D eigenvalue weighted by molar-refractivity contribution is 5.93. The number of hydrogen-bond donors (Lipinski definition) is 2. The van der Waals surface area contributed by atoms with Crippen molar-refractivity contribution in [2.75, 3.05) is 27.9 Å². The molecule has 1 heterocycles. The van der Waals surface area contributed by atoms with Gasteiger partial charge in [-0.15, -0.1) is 0 Å². The smallest absolute Gasteiger partial charge is 0.243 e. The van der Waals surface area contributed by atoms with E-state index in [0.717, 1.165) is 50.5 Å². The average molecular weight is 532 g/mol. The van der Waals surface area contributed by atoms with E-state index in [1.165, 1.54) is 0 Å². The van der Waals surface area contributed by atoms with E-state index >= 15 is 0 Å². The number of likely N-dealkylation sites (tertiary alicyclic amines) is 1. The van der Waals surface area contributed by atoms with Gasteiger partial charge in [0.2, 0.25) is 23.5 Å². The number of primary amides is 1. The summed E-state index contributed by atoms with van der Waals surface area (Å²) in [6, 6.07) is 2.32. The van der Waals surface area contributed by atoms with Crippen molar-refractivity contribution >= 4 is 17.7 Å². The minimum absolute atomic E-state index is 0.0646. The summed E-state index contributed by atoms with van der Waals surface area (Å²) in [6.45, 7) is 4.34. The van der Waals surface area contributed by atoms with Crippen LogP contribution in [0.2, 0.25) is 0 Å². The number of nitrogens with zero attached hydrogens (tertiary/aromatic N) is 1. The molecule has 1 aliphatic heterocycles. The van der Waals surface area contributed by atoms with Crippen molar-refractivity contribution in [2.45, 2.75) is 89.6 Å². The van der Waals surface area contributed by atoms with Gasteiger partial charge in [-0.2, -0.15) is 0 Å². The van der Waals surface area contributed by atoms with E-state index in [4.69, 9.17) is 19.9 Å². The van der Waals surface area contributed by atoms with Crippen LogP contribution >= 0.6 is 0 Å². The number of methoxy groups -OCH3 is 3.